The van der Waals surface area contributed by atoms with Gasteiger partial charge in [-0.05, 0) is 73.2 Å². The number of carbonyl (C=O) groups excluding carboxylic acids is 3. The van der Waals surface area contributed by atoms with Gasteiger partial charge in [0.25, 0.3) is 11.8 Å². The number of thioether (sulfide) groups is 1. The van der Waals surface area contributed by atoms with Crippen molar-refractivity contribution in [3.63, 3.8) is 0 Å². The number of fused-ring (bicyclic) bond motifs is 1. The molecule has 1 atom stereocenters. The van der Waals surface area contributed by atoms with Crippen LogP contribution in [0.15, 0.2) is 126 Å². The molecule has 0 saturated heterocycles. The smallest absolute Gasteiger partial charge is 0.272 e. The minimum Gasteiger partial charge on any atom is -0.496 e. The van der Waals surface area contributed by atoms with Crippen LogP contribution in [0.25, 0.3) is 16.3 Å². The lowest BCUT2D eigenvalue weighted by Gasteiger charge is -2.17. The number of amides is 3. The Hall–Kier alpha value is -6.31. The third kappa shape index (κ3) is 9.63. The molecule has 6 aromatic rings. The van der Waals surface area contributed by atoms with E-state index in [1.54, 1.807) is 60.7 Å². The van der Waals surface area contributed by atoms with E-state index >= 15 is 0 Å². The number of methoxy groups -OCH3 is 3. The molecule has 0 aliphatic carbocycles. The van der Waals surface area contributed by atoms with Gasteiger partial charge in [-0.15, -0.1) is 11.8 Å². The number of aromatic nitrogens is 1. The Balaban J connectivity index is 1.26. The van der Waals surface area contributed by atoms with Crippen molar-refractivity contribution >= 4 is 67.9 Å². The van der Waals surface area contributed by atoms with Gasteiger partial charge < -0.3 is 34.9 Å². The summed E-state index contributed by atoms with van der Waals surface area (Å²) in [6, 6.07) is 34.1. The molecule has 55 heavy (non-hydrogen) atoms. The molecule has 0 fully saturated rings. The Morgan fingerprint density at radius 2 is 1.49 bits per heavy atom. The fourth-order valence-corrected chi connectivity index (χ4v) is 7.51. The lowest BCUT2D eigenvalue weighted by molar-refractivity contribution is -0.116. The third-order valence-corrected chi connectivity index (χ3v) is 10.3. The van der Waals surface area contributed by atoms with Gasteiger partial charge in [-0.1, -0.05) is 65.9 Å². The summed E-state index contributed by atoms with van der Waals surface area (Å²) in [6.07, 6.45) is 1.50. The molecule has 0 aliphatic rings. The molecule has 1 unspecified atom stereocenters. The van der Waals surface area contributed by atoms with Gasteiger partial charge in [-0.25, -0.2) is 4.98 Å². The summed E-state index contributed by atoms with van der Waals surface area (Å²) in [4.78, 5) is 46.5. The second-order valence-electron chi connectivity index (χ2n) is 11.8. The topological polar surface area (TPSA) is 137 Å². The SMILES string of the molecule is CCOc1ccc2nc(NC(=O)C(Sc3cccc(NC(=O)/C(=C\c4cc(OC)c(OC)cc4OC)NC(=O)c4ccccc4)c3)c3ccccc3)sc2c1. The number of benzene rings is 5. The molecule has 0 aliphatic heterocycles. The second-order valence-corrected chi connectivity index (χ2v) is 14.0. The summed E-state index contributed by atoms with van der Waals surface area (Å²) in [7, 11) is 4.50. The molecule has 3 N–H and O–H groups in total. The predicted octanol–water partition coefficient (Wildman–Crippen LogP) is 8.60. The average Bonchev–Trinajstić information content (AvgIpc) is 3.61. The Morgan fingerprint density at radius 3 is 2.20 bits per heavy atom. The second kappa shape index (κ2) is 18.1. The largest absolute Gasteiger partial charge is 0.496 e. The van der Waals surface area contributed by atoms with E-state index in [0.717, 1.165) is 21.5 Å². The standard InChI is InChI=1S/C42H38N4O7S2/c1-5-53-30-19-20-32-37(24-30)55-42(45-32)46-41(49)38(26-13-8-6-9-14-26)54-31-18-12-17-29(23-31)43-40(48)33(44-39(47)27-15-10-7-11-16-27)21-28-22-35(51-3)36(52-4)25-34(28)50-2/h6-25,38H,5H2,1-4H3,(H,43,48)(H,44,47)(H,45,46,49)/b33-21+. The van der Waals surface area contributed by atoms with E-state index in [9.17, 15) is 14.4 Å². The van der Waals surface area contributed by atoms with Crippen molar-refractivity contribution in [2.45, 2.75) is 17.1 Å². The van der Waals surface area contributed by atoms with Crippen molar-refractivity contribution in [2.24, 2.45) is 0 Å². The van der Waals surface area contributed by atoms with Crippen LogP contribution in [0.1, 0.15) is 33.7 Å². The van der Waals surface area contributed by atoms with Gasteiger partial charge in [0.05, 0.1) is 38.2 Å². The van der Waals surface area contributed by atoms with Crippen LogP contribution >= 0.6 is 23.1 Å². The first-order chi connectivity index (χ1) is 26.8. The zero-order valence-corrected chi connectivity index (χ0v) is 32.1. The van der Waals surface area contributed by atoms with Crippen molar-refractivity contribution in [3.05, 3.63) is 138 Å². The predicted molar refractivity (Wildman–Crippen MR) is 218 cm³/mol. The van der Waals surface area contributed by atoms with Crippen LogP contribution < -0.4 is 34.9 Å². The number of thiazole rings is 1. The highest BCUT2D eigenvalue weighted by atomic mass is 32.2. The number of carbonyl (C=O) groups is 3. The lowest BCUT2D eigenvalue weighted by Crippen LogP contribution is -2.30. The molecule has 1 heterocycles. The number of nitrogens with one attached hydrogen (secondary N) is 3. The highest BCUT2D eigenvalue weighted by Crippen LogP contribution is 2.39. The van der Waals surface area contributed by atoms with Gasteiger partial charge in [0.1, 0.15) is 22.4 Å². The number of hydrogen-bond donors (Lipinski definition) is 3. The van der Waals surface area contributed by atoms with E-state index in [-0.39, 0.29) is 11.6 Å². The van der Waals surface area contributed by atoms with E-state index in [1.807, 2.05) is 61.5 Å². The minimum absolute atomic E-state index is 0.0526. The van der Waals surface area contributed by atoms with Gasteiger partial charge in [0, 0.05) is 27.8 Å². The summed E-state index contributed by atoms with van der Waals surface area (Å²) in [6.45, 7) is 2.47. The molecular formula is C42H38N4O7S2. The summed E-state index contributed by atoms with van der Waals surface area (Å²) in [5.41, 5.74) is 2.76. The van der Waals surface area contributed by atoms with E-state index < -0.39 is 17.1 Å². The number of hydrogen-bond acceptors (Lipinski definition) is 10. The van der Waals surface area contributed by atoms with Gasteiger partial charge in [0.15, 0.2) is 16.6 Å². The number of ether oxygens (including phenoxy) is 4. The number of nitrogens with zero attached hydrogens (tertiary/aromatic N) is 1. The number of anilines is 2. The zero-order chi connectivity index (χ0) is 38.7. The molecule has 13 heteroatoms. The fourth-order valence-electron chi connectivity index (χ4n) is 5.53. The maximum atomic E-state index is 14.0. The van der Waals surface area contributed by atoms with E-state index in [2.05, 4.69) is 20.9 Å². The Labute approximate surface area is 326 Å². The Morgan fingerprint density at radius 1 is 0.782 bits per heavy atom. The monoisotopic (exact) mass is 774 g/mol. The summed E-state index contributed by atoms with van der Waals surface area (Å²) in [5.74, 6) is 0.638. The van der Waals surface area contributed by atoms with E-state index in [4.69, 9.17) is 18.9 Å². The van der Waals surface area contributed by atoms with Crippen LogP contribution in [0.5, 0.6) is 23.0 Å². The molecule has 0 spiro atoms. The van der Waals surface area contributed by atoms with Gasteiger partial charge in [0.2, 0.25) is 5.91 Å². The summed E-state index contributed by atoms with van der Waals surface area (Å²) in [5, 5.41) is 8.48. The van der Waals surface area contributed by atoms with Crippen LogP contribution in [0.2, 0.25) is 0 Å². The summed E-state index contributed by atoms with van der Waals surface area (Å²) >= 11 is 2.69. The quantitative estimate of drug-likeness (QED) is 0.0692. The molecule has 0 radical (unpaired) electrons. The van der Waals surface area contributed by atoms with Gasteiger partial charge >= 0.3 is 0 Å². The molecule has 280 valence electrons. The van der Waals surface area contributed by atoms with Gasteiger partial charge in [-0.3, -0.25) is 14.4 Å². The lowest BCUT2D eigenvalue weighted by atomic mass is 10.1. The normalized spacial score (nSPS) is 11.7. The van der Waals surface area contributed by atoms with Crippen molar-refractivity contribution in [1.82, 2.24) is 10.3 Å². The molecule has 0 bridgehead atoms. The molecule has 11 nitrogen and oxygen atoms in total. The molecule has 3 amide bonds. The van der Waals surface area contributed by atoms with Gasteiger partial charge in [-0.2, -0.15) is 0 Å². The minimum atomic E-state index is -0.656. The molecule has 6 rings (SSSR count). The van der Waals surface area contributed by atoms with Crippen LogP contribution in [0.3, 0.4) is 0 Å². The number of rotatable bonds is 15. The van der Waals surface area contributed by atoms with Crippen molar-refractivity contribution in [3.8, 4) is 23.0 Å². The molecule has 5 aromatic carbocycles. The Bertz CT molecular complexity index is 2330. The summed E-state index contributed by atoms with van der Waals surface area (Å²) < 4.78 is 23.0. The zero-order valence-electron chi connectivity index (χ0n) is 30.5. The van der Waals surface area contributed by atoms with Crippen LogP contribution in [0, 0.1) is 0 Å². The maximum absolute atomic E-state index is 14.0. The van der Waals surface area contributed by atoms with Crippen LogP contribution in [-0.2, 0) is 9.59 Å². The molecular weight excluding hydrogens is 737 g/mol. The fraction of sp³-hybridized carbons (Fsp3) is 0.143. The van der Waals surface area contributed by atoms with Crippen LogP contribution in [0.4, 0.5) is 10.8 Å². The molecule has 1 aromatic heterocycles. The first kappa shape index (κ1) is 38.4. The Kier molecular flexibility index (Phi) is 12.7. The highest BCUT2D eigenvalue weighted by molar-refractivity contribution is 8.00. The van der Waals surface area contributed by atoms with E-state index in [1.165, 1.54) is 50.5 Å². The average molecular weight is 775 g/mol. The first-order valence-electron chi connectivity index (χ1n) is 17.1. The van der Waals surface area contributed by atoms with Crippen molar-refractivity contribution < 1.29 is 33.3 Å². The van der Waals surface area contributed by atoms with Crippen molar-refractivity contribution in [1.29, 1.82) is 0 Å². The highest BCUT2D eigenvalue weighted by Gasteiger charge is 2.24. The third-order valence-electron chi connectivity index (χ3n) is 8.15. The molecule has 0 saturated carbocycles. The van der Waals surface area contributed by atoms with Crippen molar-refractivity contribution in [2.75, 3.05) is 38.6 Å². The van der Waals surface area contributed by atoms with E-state index in [0.29, 0.717) is 50.7 Å². The maximum Gasteiger partial charge on any atom is 0.272 e. The van der Waals surface area contributed by atoms with Crippen LogP contribution in [-0.4, -0.2) is 50.6 Å². The first-order valence-corrected chi connectivity index (χ1v) is 18.8.